The Kier molecular flexibility index (Phi) is 3.29. The fourth-order valence-electron chi connectivity index (χ4n) is 2.32. The number of rotatable bonds is 4. The summed E-state index contributed by atoms with van der Waals surface area (Å²) < 4.78 is 25.8. The van der Waals surface area contributed by atoms with Crippen LogP contribution in [-0.4, -0.2) is 29.5 Å². The van der Waals surface area contributed by atoms with E-state index in [0.717, 1.165) is 0 Å². The predicted octanol–water partition coefficient (Wildman–Crippen LogP) is 1.79. The number of amides is 1. The summed E-state index contributed by atoms with van der Waals surface area (Å²) in [5, 5.41) is 11.5. The van der Waals surface area contributed by atoms with Gasteiger partial charge >= 0.3 is 5.97 Å². The van der Waals surface area contributed by atoms with Gasteiger partial charge in [-0.2, -0.15) is 0 Å². The number of carbonyl (C=O) groups is 2. The number of hydrogen-bond acceptors (Lipinski definition) is 2. The van der Waals surface area contributed by atoms with Gasteiger partial charge in [0.15, 0.2) is 0 Å². The van der Waals surface area contributed by atoms with Crippen molar-refractivity contribution >= 4 is 11.9 Å². The van der Waals surface area contributed by atoms with E-state index in [0.29, 0.717) is 12.8 Å². The first-order chi connectivity index (χ1) is 8.35. The molecule has 2 rings (SSSR count). The van der Waals surface area contributed by atoms with Crippen LogP contribution in [0.3, 0.4) is 0 Å². The molecular weight excluding hydrogens is 244 g/mol. The second kappa shape index (κ2) is 4.48. The molecule has 0 spiro atoms. The average molecular weight is 261 g/mol. The van der Waals surface area contributed by atoms with Crippen LogP contribution in [0.1, 0.15) is 38.5 Å². The van der Waals surface area contributed by atoms with Crippen LogP contribution >= 0.6 is 0 Å². The number of halogens is 2. The number of hydrogen-bond donors (Lipinski definition) is 2. The fraction of sp³-hybridized carbons (Fsp3) is 0.833. The molecule has 1 amide bonds. The molecule has 2 aliphatic rings. The molecule has 2 fully saturated rings. The zero-order valence-corrected chi connectivity index (χ0v) is 10.0. The maximum absolute atomic E-state index is 12.9. The van der Waals surface area contributed by atoms with E-state index in [4.69, 9.17) is 5.11 Å². The van der Waals surface area contributed by atoms with Gasteiger partial charge in [-0.1, -0.05) is 0 Å². The van der Waals surface area contributed by atoms with E-state index in [-0.39, 0.29) is 38.1 Å². The maximum Gasteiger partial charge on any atom is 0.311 e. The SMILES string of the molecule is O=C(NCC1(C(=O)O)CC1)C1CCC(F)(F)CC1. The van der Waals surface area contributed by atoms with Crippen molar-refractivity contribution in [3.8, 4) is 0 Å². The molecule has 0 aromatic heterocycles. The molecule has 2 N–H and O–H groups in total. The van der Waals surface area contributed by atoms with Crippen LogP contribution in [0.4, 0.5) is 8.78 Å². The molecule has 0 saturated heterocycles. The number of carbonyl (C=O) groups excluding carboxylic acids is 1. The lowest BCUT2D eigenvalue weighted by Gasteiger charge is -2.27. The smallest absolute Gasteiger partial charge is 0.311 e. The van der Waals surface area contributed by atoms with E-state index in [1.165, 1.54) is 0 Å². The summed E-state index contributed by atoms with van der Waals surface area (Å²) >= 11 is 0. The van der Waals surface area contributed by atoms with Crippen molar-refractivity contribution in [2.75, 3.05) is 6.54 Å². The molecule has 0 unspecified atom stereocenters. The third kappa shape index (κ3) is 2.79. The third-order valence-corrected chi connectivity index (χ3v) is 4.00. The van der Waals surface area contributed by atoms with Gasteiger partial charge in [0.25, 0.3) is 0 Å². The Morgan fingerprint density at radius 2 is 1.72 bits per heavy atom. The van der Waals surface area contributed by atoms with Crippen molar-refractivity contribution in [2.45, 2.75) is 44.4 Å². The third-order valence-electron chi connectivity index (χ3n) is 4.00. The summed E-state index contributed by atoms with van der Waals surface area (Å²) in [5.74, 6) is -4.21. The van der Waals surface area contributed by atoms with Crippen LogP contribution in [0.15, 0.2) is 0 Å². The normalized spacial score (nSPS) is 25.4. The van der Waals surface area contributed by atoms with Crippen LogP contribution in [0.5, 0.6) is 0 Å². The number of nitrogens with one attached hydrogen (secondary N) is 1. The fourth-order valence-corrected chi connectivity index (χ4v) is 2.32. The number of carboxylic acids is 1. The highest BCUT2D eigenvalue weighted by atomic mass is 19.3. The quantitative estimate of drug-likeness (QED) is 0.810. The van der Waals surface area contributed by atoms with Gasteiger partial charge in [0.1, 0.15) is 0 Å². The predicted molar refractivity (Wildman–Crippen MR) is 59.2 cm³/mol. The Morgan fingerprint density at radius 1 is 1.17 bits per heavy atom. The van der Waals surface area contributed by atoms with Crippen LogP contribution in [0, 0.1) is 11.3 Å². The van der Waals surface area contributed by atoms with Gasteiger partial charge in [0, 0.05) is 25.3 Å². The van der Waals surface area contributed by atoms with E-state index in [2.05, 4.69) is 5.32 Å². The van der Waals surface area contributed by atoms with Gasteiger partial charge in [-0.05, 0) is 25.7 Å². The van der Waals surface area contributed by atoms with Gasteiger partial charge in [-0.25, -0.2) is 8.78 Å². The van der Waals surface area contributed by atoms with Gasteiger partial charge in [0.05, 0.1) is 5.41 Å². The number of alkyl halides is 2. The Labute approximate surface area is 104 Å². The molecule has 0 bridgehead atoms. The average Bonchev–Trinajstić information content (AvgIpc) is 3.07. The topological polar surface area (TPSA) is 66.4 Å². The van der Waals surface area contributed by atoms with Gasteiger partial charge < -0.3 is 10.4 Å². The monoisotopic (exact) mass is 261 g/mol. The molecule has 102 valence electrons. The molecular formula is C12H17F2NO3. The van der Waals surface area contributed by atoms with Crippen LogP contribution in [0.2, 0.25) is 0 Å². The highest BCUT2D eigenvalue weighted by Gasteiger charge is 2.50. The Balaban J connectivity index is 1.78. The minimum Gasteiger partial charge on any atom is -0.481 e. The first-order valence-corrected chi connectivity index (χ1v) is 6.24. The molecule has 0 aromatic carbocycles. The van der Waals surface area contributed by atoms with E-state index in [1.54, 1.807) is 0 Å². The Hall–Kier alpha value is -1.20. The van der Waals surface area contributed by atoms with Gasteiger partial charge in [-0.15, -0.1) is 0 Å². The van der Waals surface area contributed by atoms with E-state index in [9.17, 15) is 18.4 Å². The van der Waals surface area contributed by atoms with E-state index in [1.807, 2.05) is 0 Å². The molecule has 0 aromatic rings. The molecule has 18 heavy (non-hydrogen) atoms. The summed E-state index contributed by atoms with van der Waals surface area (Å²) in [6.45, 7) is 0.119. The van der Waals surface area contributed by atoms with Crippen LogP contribution < -0.4 is 5.32 Å². The van der Waals surface area contributed by atoms with Crippen molar-refractivity contribution in [3.05, 3.63) is 0 Å². The van der Waals surface area contributed by atoms with Crippen molar-refractivity contribution < 1.29 is 23.5 Å². The van der Waals surface area contributed by atoms with Crippen molar-refractivity contribution in [3.63, 3.8) is 0 Å². The van der Waals surface area contributed by atoms with Crippen LogP contribution in [0.25, 0.3) is 0 Å². The molecule has 0 heterocycles. The second-order valence-electron chi connectivity index (χ2n) is 5.43. The Morgan fingerprint density at radius 3 is 2.17 bits per heavy atom. The molecule has 0 aliphatic heterocycles. The number of aliphatic carboxylic acids is 1. The lowest BCUT2D eigenvalue weighted by molar-refractivity contribution is -0.143. The number of carboxylic acid groups (broad SMARTS) is 1. The van der Waals surface area contributed by atoms with Gasteiger partial charge in [-0.3, -0.25) is 9.59 Å². The molecule has 2 saturated carbocycles. The summed E-state index contributed by atoms with van der Waals surface area (Å²) in [7, 11) is 0. The minimum atomic E-state index is -2.64. The zero-order valence-electron chi connectivity index (χ0n) is 10.0. The van der Waals surface area contributed by atoms with Crippen molar-refractivity contribution in [1.82, 2.24) is 5.32 Å². The standard InChI is InChI=1S/C12H17F2NO3/c13-12(14)3-1-8(2-4-12)9(16)15-7-11(5-6-11)10(17)18/h8H,1-7H2,(H,15,16)(H,17,18). The second-order valence-corrected chi connectivity index (χ2v) is 5.43. The first kappa shape index (κ1) is 13.2. The summed E-state index contributed by atoms with van der Waals surface area (Å²) in [6, 6.07) is 0. The first-order valence-electron chi connectivity index (χ1n) is 6.24. The summed E-state index contributed by atoms with van der Waals surface area (Å²) in [6.07, 6.45) is 0.999. The summed E-state index contributed by atoms with van der Waals surface area (Å²) in [4.78, 5) is 22.7. The molecule has 0 radical (unpaired) electrons. The lowest BCUT2D eigenvalue weighted by atomic mass is 9.86. The Bertz CT molecular complexity index is 356. The van der Waals surface area contributed by atoms with Crippen LogP contribution in [-0.2, 0) is 9.59 Å². The zero-order chi connectivity index (χ0) is 13.4. The van der Waals surface area contributed by atoms with E-state index >= 15 is 0 Å². The highest BCUT2D eigenvalue weighted by Crippen LogP contribution is 2.45. The van der Waals surface area contributed by atoms with E-state index < -0.39 is 23.2 Å². The molecule has 6 heteroatoms. The van der Waals surface area contributed by atoms with Gasteiger partial charge in [0.2, 0.25) is 11.8 Å². The molecule has 2 aliphatic carbocycles. The summed E-state index contributed by atoms with van der Waals surface area (Å²) in [5.41, 5.74) is -0.797. The lowest BCUT2D eigenvalue weighted by Crippen LogP contribution is -2.40. The maximum atomic E-state index is 12.9. The molecule has 4 nitrogen and oxygen atoms in total. The minimum absolute atomic E-state index is 0.119. The van der Waals surface area contributed by atoms with Crippen molar-refractivity contribution in [1.29, 1.82) is 0 Å². The van der Waals surface area contributed by atoms with Crippen molar-refractivity contribution in [2.24, 2.45) is 11.3 Å². The highest BCUT2D eigenvalue weighted by molar-refractivity contribution is 5.82. The largest absolute Gasteiger partial charge is 0.481 e. The molecule has 0 atom stereocenters.